The van der Waals surface area contributed by atoms with Gasteiger partial charge in [0.2, 0.25) is 5.91 Å². The number of halogens is 1. The number of guanidine groups is 1. The second kappa shape index (κ2) is 12.1. The summed E-state index contributed by atoms with van der Waals surface area (Å²) in [6.45, 7) is 3.15. The van der Waals surface area contributed by atoms with Gasteiger partial charge in [-0.25, -0.2) is 0 Å². The van der Waals surface area contributed by atoms with Gasteiger partial charge in [-0.05, 0) is 36.5 Å². The highest BCUT2D eigenvalue weighted by atomic mass is 127. The maximum absolute atomic E-state index is 11.1. The third-order valence-electron chi connectivity index (χ3n) is 4.49. The van der Waals surface area contributed by atoms with Crippen molar-refractivity contribution in [3.63, 3.8) is 0 Å². The maximum Gasteiger partial charge on any atom is 0.221 e. The van der Waals surface area contributed by atoms with E-state index in [1.165, 1.54) is 45.4 Å². The Morgan fingerprint density at radius 2 is 2.00 bits per heavy atom. The molecule has 0 aromatic heterocycles. The lowest BCUT2D eigenvalue weighted by Crippen LogP contribution is -2.37. The van der Waals surface area contributed by atoms with Gasteiger partial charge in [-0.15, -0.1) is 24.0 Å². The average Bonchev–Trinajstić information content (AvgIpc) is 3.07. The molecule has 1 amide bonds. The van der Waals surface area contributed by atoms with Crippen molar-refractivity contribution >= 4 is 41.5 Å². The Balaban J connectivity index is 0.00000312. The molecule has 0 saturated heterocycles. The van der Waals surface area contributed by atoms with Crippen molar-refractivity contribution < 1.29 is 4.79 Å². The summed E-state index contributed by atoms with van der Waals surface area (Å²) in [5.41, 5.74) is 1.93. The maximum atomic E-state index is 11.1. The van der Waals surface area contributed by atoms with Crippen LogP contribution in [0.5, 0.6) is 0 Å². The van der Waals surface area contributed by atoms with Gasteiger partial charge >= 0.3 is 0 Å². The molecule has 1 aliphatic rings. The number of aliphatic imine (C=N–C) groups is 1. The van der Waals surface area contributed by atoms with Gasteiger partial charge in [0.05, 0.1) is 0 Å². The molecule has 25 heavy (non-hydrogen) atoms. The first-order valence-corrected chi connectivity index (χ1v) is 8.98. The third kappa shape index (κ3) is 8.56. The molecule has 0 unspecified atom stereocenters. The highest BCUT2D eigenvalue weighted by Gasteiger charge is 2.13. The van der Waals surface area contributed by atoms with Crippen LogP contribution in [0.3, 0.4) is 0 Å². The van der Waals surface area contributed by atoms with Gasteiger partial charge in [-0.1, -0.05) is 37.8 Å². The molecule has 0 aliphatic heterocycles. The number of benzene rings is 1. The standard InChI is InChI=1S/C19H30N4O.HI/c1-15(24)23-18-11-5-9-17(13-18)14-22-19(20-2)21-12-6-10-16-7-3-4-8-16;/h5,9,11,13,16H,3-4,6-8,10,12,14H2,1-2H3,(H,23,24)(H2,20,21,22);1H. The lowest BCUT2D eigenvalue weighted by atomic mass is 10.0. The second-order valence-electron chi connectivity index (χ2n) is 6.53. The number of nitrogens with one attached hydrogen (secondary N) is 3. The van der Waals surface area contributed by atoms with Crippen LogP contribution in [0.1, 0.15) is 51.0 Å². The van der Waals surface area contributed by atoms with Crippen molar-refractivity contribution in [1.29, 1.82) is 0 Å². The van der Waals surface area contributed by atoms with Crippen LogP contribution >= 0.6 is 24.0 Å². The SMILES string of the molecule is CN=C(NCCCC1CCCC1)NCc1cccc(NC(C)=O)c1.I. The minimum atomic E-state index is -0.0557. The molecular weight excluding hydrogens is 427 g/mol. The molecule has 0 heterocycles. The van der Waals surface area contributed by atoms with Gasteiger partial charge in [-0.3, -0.25) is 9.79 Å². The van der Waals surface area contributed by atoms with Gasteiger partial charge < -0.3 is 16.0 Å². The van der Waals surface area contributed by atoms with E-state index in [1.54, 1.807) is 7.05 Å². The zero-order valence-corrected chi connectivity index (χ0v) is 17.6. The second-order valence-corrected chi connectivity index (χ2v) is 6.53. The zero-order chi connectivity index (χ0) is 17.2. The summed E-state index contributed by atoms with van der Waals surface area (Å²) >= 11 is 0. The number of carbonyl (C=O) groups is 1. The number of nitrogens with zero attached hydrogens (tertiary/aromatic N) is 1. The number of hydrogen-bond donors (Lipinski definition) is 3. The summed E-state index contributed by atoms with van der Waals surface area (Å²) in [6, 6.07) is 7.84. The Hall–Kier alpha value is -1.31. The molecule has 0 bridgehead atoms. The topological polar surface area (TPSA) is 65.5 Å². The highest BCUT2D eigenvalue weighted by Crippen LogP contribution is 2.28. The quantitative estimate of drug-likeness (QED) is 0.251. The Labute approximate surface area is 168 Å². The molecule has 1 saturated carbocycles. The highest BCUT2D eigenvalue weighted by molar-refractivity contribution is 14.0. The van der Waals surface area contributed by atoms with Crippen LogP contribution in [0, 0.1) is 5.92 Å². The summed E-state index contributed by atoms with van der Waals surface area (Å²) in [6.07, 6.45) is 8.18. The first kappa shape index (κ1) is 21.7. The monoisotopic (exact) mass is 458 g/mol. The van der Waals surface area contributed by atoms with Crippen molar-refractivity contribution in [3.05, 3.63) is 29.8 Å². The number of carbonyl (C=O) groups excluding carboxylic acids is 1. The van der Waals surface area contributed by atoms with Crippen LogP contribution in [0.15, 0.2) is 29.3 Å². The van der Waals surface area contributed by atoms with Crippen molar-refractivity contribution in [3.8, 4) is 0 Å². The fourth-order valence-corrected chi connectivity index (χ4v) is 3.27. The van der Waals surface area contributed by atoms with E-state index >= 15 is 0 Å². The van der Waals surface area contributed by atoms with E-state index < -0.39 is 0 Å². The molecule has 5 nitrogen and oxygen atoms in total. The molecule has 0 atom stereocenters. The molecule has 0 radical (unpaired) electrons. The molecule has 1 aromatic carbocycles. The van der Waals surface area contributed by atoms with Gasteiger partial charge in [0.15, 0.2) is 5.96 Å². The minimum Gasteiger partial charge on any atom is -0.356 e. The van der Waals surface area contributed by atoms with Crippen LogP contribution in [0.25, 0.3) is 0 Å². The van der Waals surface area contributed by atoms with Gasteiger partial charge in [0.25, 0.3) is 0 Å². The van der Waals surface area contributed by atoms with Gasteiger partial charge in [-0.2, -0.15) is 0 Å². The fourth-order valence-electron chi connectivity index (χ4n) is 3.27. The predicted molar refractivity (Wildman–Crippen MR) is 116 cm³/mol. The Morgan fingerprint density at radius 1 is 1.24 bits per heavy atom. The lowest BCUT2D eigenvalue weighted by Gasteiger charge is -2.14. The van der Waals surface area contributed by atoms with Crippen LogP contribution < -0.4 is 16.0 Å². The fraction of sp³-hybridized carbons (Fsp3) is 0.579. The molecule has 2 rings (SSSR count). The first-order valence-electron chi connectivity index (χ1n) is 8.98. The molecule has 1 aromatic rings. The van der Waals surface area contributed by atoms with Crippen molar-refractivity contribution in [2.75, 3.05) is 18.9 Å². The normalized spacial score (nSPS) is 14.7. The smallest absolute Gasteiger partial charge is 0.221 e. The Morgan fingerprint density at radius 3 is 2.68 bits per heavy atom. The number of rotatable bonds is 7. The Bertz CT molecular complexity index is 556. The molecule has 0 spiro atoms. The number of hydrogen-bond acceptors (Lipinski definition) is 2. The Kier molecular flexibility index (Phi) is 10.5. The van der Waals surface area contributed by atoms with Gasteiger partial charge in [0, 0.05) is 32.7 Å². The van der Waals surface area contributed by atoms with E-state index in [9.17, 15) is 4.79 Å². The minimum absolute atomic E-state index is 0. The van der Waals surface area contributed by atoms with E-state index in [0.29, 0.717) is 6.54 Å². The molecule has 140 valence electrons. The molecule has 1 fully saturated rings. The van der Waals surface area contributed by atoms with Crippen LogP contribution in [-0.2, 0) is 11.3 Å². The molecule has 6 heteroatoms. The molecule has 1 aliphatic carbocycles. The first-order chi connectivity index (χ1) is 11.7. The van der Waals surface area contributed by atoms with E-state index in [0.717, 1.165) is 29.7 Å². The summed E-state index contributed by atoms with van der Waals surface area (Å²) in [5.74, 6) is 1.71. The summed E-state index contributed by atoms with van der Waals surface area (Å²) in [7, 11) is 1.79. The van der Waals surface area contributed by atoms with Gasteiger partial charge in [0.1, 0.15) is 0 Å². The van der Waals surface area contributed by atoms with Crippen molar-refractivity contribution in [1.82, 2.24) is 10.6 Å². The largest absolute Gasteiger partial charge is 0.356 e. The predicted octanol–water partition coefficient (Wildman–Crippen LogP) is 3.90. The van der Waals surface area contributed by atoms with Crippen molar-refractivity contribution in [2.45, 2.75) is 52.0 Å². The summed E-state index contributed by atoms with van der Waals surface area (Å²) in [5, 5.41) is 9.50. The third-order valence-corrected chi connectivity index (χ3v) is 4.49. The van der Waals surface area contributed by atoms with E-state index in [4.69, 9.17) is 0 Å². The molecule has 3 N–H and O–H groups in total. The zero-order valence-electron chi connectivity index (χ0n) is 15.3. The van der Waals surface area contributed by atoms with Crippen molar-refractivity contribution in [2.24, 2.45) is 10.9 Å². The van der Waals surface area contributed by atoms with E-state index in [1.807, 2.05) is 24.3 Å². The van der Waals surface area contributed by atoms with Crippen LogP contribution in [0.4, 0.5) is 5.69 Å². The summed E-state index contributed by atoms with van der Waals surface area (Å²) < 4.78 is 0. The average molecular weight is 458 g/mol. The molecular formula is C19H31IN4O. The number of anilines is 1. The van der Waals surface area contributed by atoms with E-state index in [-0.39, 0.29) is 29.9 Å². The number of amides is 1. The summed E-state index contributed by atoms with van der Waals surface area (Å²) in [4.78, 5) is 15.4. The lowest BCUT2D eigenvalue weighted by molar-refractivity contribution is -0.114. The van der Waals surface area contributed by atoms with Crippen LogP contribution in [-0.4, -0.2) is 25.5 Å². The van der Waals surface area contributed by atoms with Crippen LogP contribution in [0.2, 0.25) is 0 Å². The van der Waals surface area contributed by atoms with E-state index in [2.05, 4.69) is 20.9 Å².